The van der Waals surface area contributed by atoms with E-state index in [2.05, 4.69) is 74.1 Å². The number of aromatic amines is 1. The Hall–Kier alpha value is -12.5. The van der Waals surface area contributed by atoms with Crippen LogP contribution in [0.3, 0.4) is 0 Å². The zero-order chi connectivity index (χ0) is 99.3. The van der Waals surface area contributed by atoms with Crippen molar-refractivity contribution in [3.8, 4) is 5.75 Å². The Morgan fingerprint density at radius 3 is 1.80 bits per heavy atom. The van der Waals surface area contributed by atoms with E-state index in [1.807, 2.05) is 18.2 Å². The lowest BCUT2D eigenvalue weighted by atomic mass is 9.85. The molecule has 4 fully saturated rings. The SMILES string of the molecule is CC(=O)NCCCCC(NC(=O)C1(NC(=O)C(Cc2ccc3ccccc3c2)NC(=O)C(Cc2ccc(OCCN)cc2)NC(=O)C2NC(=O)C(CCC(N)=O)NC(=O)C(Cc3c[nH]c4ccccc34)NC(=O)C(C(C)O)NC(=O)C(CC(N)=O)NC(=O)C(NC(=O)C3CCCC(C4CCCC4)CC3)C(C)(C)SSC2(C)C)CCOCC1)C(=O)NC(CC(N)=O)C(=O)NC(CC(N)=O)C(N)=O. The zero-order valence-corrected chi connectivity index (χ0v) is 79.0. The first-order chi connectivity index (χ1) is 64.5. The molecule has 3 heterocycles. The Morgan fingerprint density at radius 2 is 1.14 bits per heavy atom. The molecular formula is C93H130N20O21S2. The number of primary amides is 5. The van der Waals surface area contributed by atoms with Gasteiger partial charge in [-0.15, -0.1) is 0 Å². The summed E-state index contributed by atoms with van der Waals surface area (Å²) in [4.78, 5) is 262. The molecule has 0 spiro atoms. The summed E-state index contributed by atoms with van der Waals surface area (Å²) >= 11 is 0. The zero-order valence-electron chi connectivity index (χ0n) is 77.4. The largest absolute Gasteiger partial charge is 0.492 e. The van der Waals surface area contributed by atoms with Crippen LogP contribution in [0.4, 0.5) is 0 Å². The number of fused-ring (bicyclic) bond motifs is 2. The topological polar surface area (TPSA) is 674 Å². The molecule has 1 aromatic heterocycles. The molecule has 4 aromatic carbocycles. The van der Waals surface area contributed by atoms with Crippen molar-refractivity contribution in [2.75, 3.05) is 32.9 Å². The molecule has 43 heteroatoms. The molecule has 41 nitrogen and oxygen atoms in total. The highest BCUT2D eigenvalue weighted by Gasteiger charge is 2.49. The summed E-state index contributed by atoms with van der Waals surface area (Å²) in [7, 11) is 1.84. The van der Waals surface area contributed by atoms with Crippen molar-refractivity contribution in [1.29, 1.82) is 0 Å². The second-order valence-corrected chi connectivity index (χ2v) is 39.9. The van der Waals surface area contributed by atoms with Gasteiger partial charge in [-0.3, -0.25) is 86.3 Å². The monoisotopic (exact) mass is 1930 g/mol. The number of nitrogens with two attached hydrogens (primary N) is 6. The second-order valence-electron chi connectivity index (χ2n) is 36.5. The number of benzene rings is 4. The quantitative estimate of drug-likeness (QED) is 0.0128. The number of rotatable bonds is 40. The predicted molar refractivity (Wildman–Crippen MR) is 505 cm³/mol. The molecule has 2 aliphatic heterocycles. The number of aliphatic hydroxyl groups excluding tert-OH is 1. The van der Waals surface area contributed by atoms with Crippen molar-refractivity contribution >= 4 is 150 Å². The molecule has 0 radical (unpaired) electrons. The number of hydrogen-bond acceptors (Lipinski definition) is 24. The maximum Gasteiger partial charge on any atom is 0.246 e. The fraction of sp³-hybridized carbons (Fsp3) is 0.548. The van der Waals surface area contributed by atoms with E-state index < -0.39 is 232 Å². The maximum atomic E-state index is 16.5. The molecule has 27 N–H and O–H groups in total. The van der Waals surface area contributed by atoms with E-state index in [4.69, 9.17) is 43.9 Å². The van der Waals surface area contributed by atoms with Crippen molar-refractivity contribution in [3.05, 3.63) is 114 Å². The van der Waals surface area contributed by atoms with E-state index in [9.17, 15) is 53.1 Å². The fourth-order valence-electron chi connectivity index (χ4n) is 17.4. The molecule has 136 heavy (non-hydrogen) atoms. The summed E-state index contributed by atoms with van der Waals surface area (Å²) in [5.41, 5.74) is 33.6. The lowest BCUT2D eigenvalue weighted by Crippen LogP contribution is -2.67. The number of H-pyrrole nitrogens is 1. The Labute approximate surface area is 795 Å². The predicted octanol–water partition coefficient (Wildman–Crippen LogP) is -0.912. The van der Waals surface area contributed by atoms with Gasteiger partial charge < -0.3 is 123 Å². The van der Waals surface area contributed by atoms with E-state index >= 15 is 38.4 Å². The van der Waals surface area contributed by atoms with E-state index in [0.29, 0.717) is 69.8 Å². The van der Waals surface area contributed by atoms with Gasteiger partial charge in [0, 0.05) is 104 Å². The summed E-state index contributed by atoms with van der Waals surface area (Å²) < 4.78 is 8.26. The molecule has 0 bridgehead atoms. The Bertz CT molecular complexity index is 5140. The summed E-state index contributed by atoms with van der Waals surface area (Å²) in [6.45, 7) is 8.63. The van der Waals surface area contributed by atoms with Crippen molar-refractivity contribution < 1.29 is 101 Å². The average molecular weight is 1930 g/mol. The number of carbonyl (C=O) groups is 18. The number of amides is 18. The van der Waals surface area contributed by atoms with Gasteiger partial charge in [0.15, 0.2) is 0 Å². The molecule has 9 rings (SSSR count). The number of unbranched alkanes of at least 4 members (excludes halogenated alkanes) is 1. The van der Waals surface area contributed by atoms with Gasteiger partial charge in [-0.05, 0) is 137 Å². The minimum Gasteiger partial charge on any atom is -0.492 e. The van der Waals surface area contributed by atoms with Crippen molar-refractivity contribution in [1.82, 2.24) is 74.1 Å². The summed E-state index contributed by atoms with van der Waals surface area (Å²) in [6, 6.07) is 6.01. The summed E-state index contributed by atoms with van der Waals surface area (Å²) in [6.07, 6.45) is 2.20. The number of aromatic nitrogens is 1. The van der Waals surface area contributed by atoms with Gasteiger partial charge in [-0.2, -0.15) is 0 Å². The molecule has 2 saturated heterocycles. The lowest BCUT2D eigenvalue weighted by Gasteiger charge is -2.39. The standard InChI is InChI=1S/C93H130N20O21S2/c1-50(114)75-87(129)106-68(45-59-49-101-62-23-12-11-22-61(59)62)83(125)102-64(33-34-71(95)116)81(123)112-77(92(5,6)136-135-91(3,4)76(88(130)108-70(48-74(98)119)85(127)110-75)111-79(121)57-21-15-20-55(29-30-57)54-16-7-8-17-54)89(131)107-66(43-52-26-31-60(32-27-52)134-41-37-94)82(124)104-67(44-53-25-28-56-18-9-10-19-58(56)42-53)86(128)113-93(35-39-133-40-36-93)90(132)109-63(24-13-14-38-100-51(2)115)80(122)105-69(47-73(97)118)84(126)103-65(78(99)120)46-72(96)117/h9-12,18-19,22-23,25-28,31-32,42,49-50,54-55,57,63-70,75-77,101,114H,7-8,13-17,20-21,24,29-30,33-41,43-48,94H2,1-6H3,(H2,95,116)(H2,96,117)(H2,97,118)(H2,98,119)(H2,99,120)(H,100,115)(H,102,125)(H,103,126)(H,104,124)(H,105,122)(H,106,129)(H,107,131)(H,108,130)(H,109,132)(H,110,127)(H,111,121)(H,112,123)(H,113,128). The highest BCUT2D eigenvalue weighted by Crippen LogP contribution is 2.48. The minimum absolute atomic E-state index is 0.103. The first-order valence-electron chi connectivity index (χ1n) is 45.9. The first-order valence-corrected chi connectivity index (χ1v) is 48.1. The molecule has 4 aliphatic rings. The molecule has 18 amide bonds. The van der Waals surface area contributed by atoms with E-state index in [-0.39, 0.29) is 83.8 Å². The van der Waals surface area contributed by atoms with Crippen molar-refractivity contribution in [2.45, 2.75) is 270 Å². The number of para-hydroxylation sites is 1. The van der Waals surface area contributed by atoms with E-state index in [1.165, 1.54) is 20.8 Å². The average Bonchev–Trinajstić information content (AvgIpc) is 0.914. The van der Waals surface area contributed by atoms with Crippen LogP contribution in [-0.4, -0.2) is 237 Å². The van der Waals surface area contributed by atoms with Crippen molar-refractivity contribution in [2.24, 2.45) is 52.2 Å². The van der Waals surface area contributed by atoms with Gasteiger partial charge in [0.2, 0.25) is 106 Å². The van der Waals surface area contributed by atoms with Gasteiger partial charge in [-0.1, -0.05) is 133 Å². The molecular weight excluding hydrogens is 1800 g/mol. The third-order valence-electron chi connectivity index (χ3n) is 25.0. The highest BCUT2D eigenvalue weighted by atomic mass is 33.1. The van der Waals surface area contributed by atoms with Crippen molar-refractivity contribution in [3.63, 3.8) is 0 Å². The molecule has 14 atom stereocenters. The van der Waals surface area contributed by atoms with Gasteiger partial charge >= 0.3 is 0 Å². The van der Waals surface area contributed by atoms with Gasteiger partial charge in [-0.25, -0.2) is 0 Å². The number of ether oxygens (including phenoxy) is 2. The lowest BCUT2D eigenvalue weighted by molar-refractivity contribution is -0.141. The minimum atomic E-state index is -2.02. The second kappa shape index (κ2) is 50.4. The summed E-state index contributed by atoms with van der Waals surface area (Å²) in [5.74, 6) is -17.8. The number of carbonyl (C=O) groups excluding carboxylic acids is 18. The third-order valence-corrected chi connectivity index (χ3v) is 29.2. The molecule has 2 saturated carbocycles. The normalized spacial score (nSPS) is 22.0. The van der Waals surface area contributed by atoms with Crippen LogP contribution in [0.5, 0.6) is 5.75 Å². The van der Waals surface area contributed by atoms with Crippen LogP contribution in [0.2, 0.25) is 0 Å². The van der Waals surface area contributed by atoms with Crippen LogP contribution in [0.25, 0.3) is 21.7 Å². The molecule has 2 aliphatic carbocycles. The van der Waals surface area contributed by atoms with Crippen LogP contribution in [0.15, 0.2) is 97.2 Å². The van der Waals surface area contributed by atoms with Crippen LogP contribution >= 0.6 is 21.6 Å². The van der Waals surface area contributed by atoms with E-state index in [1.54, 1.807) is 92.8 Å². The molecule has 14 unspecified atom stereocenters. The molecule has 5 aromatic rings. The highest BCUT2D eigenvalue weighted by molar-refractivity contribution is 8.77. The number of hydrogen-bond donors (Lipinski definition) is 21. The molecule has 740 valence electrons. The van der Waals surface area contributed by atoms with Crippen LogP contribution in [-0.2, 0) is 110 Å². The third kappa shape index (κ3) is 31.6. The van der Waals surface area contributed by atoms with Gasteiger partial charge in [0.25, 0.3) is 0 Å². The number of aliphatic hydroxyl groups is 1. The Balaban J connectivity index is 1.14. The van der Waals surface area contributed by atoms with Crippen LogP contribution in [0.1, 0.15) is 180 Å². The van der Waals surface area contributed by atoms with Crippen LogP contribution in [0, 0.1) is 17.8 Å². The fourth-order valence-corrected chi connectivity index (χ4v) is 20.2. The summed E-state index contributed by atoms with van der Waals surface area (Å²) in [5, 5.41) is 48.1. The van der Waals surface area contributed by atoms with Crippen LogP contribution < -0.4 is 108 Å². The Kier molecular flexibility index (Phi) is 39.7. The number of nitrogens with one attached hydrogen (secondary N) is 14. The van der Waals surface area contributed by atoms with E-state index in [0.717, 1.165) is 72.4 Å². The van der Waals surface area contributed by atoms with Gasteiger partial charge in [0.1, 0.15) is 84.4 Å². The maximum absolute atomic E-state index is 16.5. The first kappa shape index (κ1) is 107. The Morgan fingerprint density at radius 1 is 0.559 bits per heavy atom. The van der Waals surface area contributed by atoms with Gasteiger partial charge in [0.05, 0.1) is 25.4 Å². The smallest absolute Gasteiger partial charge is 0.246 e.